The number of thiazole rings is 1. The van der Waals surface area contributed by atoms with Gasteiger partial charge in [-0.3, -0.25) is 9.10 Å². The molecule has 29 heavy (non-hydrogen) atoms. The highest BCUT2D eigenvalue weighted by Crippen LogP contribution is 2.27. The molecule has 0 spiro atoms. The molecule has 0 radical (unpaired) electrons. The molecule has 2 aromatic heterocycles. The Morgan fingerprint density at radius 2 is 1.93 bits per heavy atom. The standard InChI is InChI=1S/C19H22N4O4S2/c1-12-16(13(2)27-22-12)9-10-18(24)21-19-20-17(11-28-19)14-5-7-15(8-6-14)23(3)29(4,25)26/h5-8,11H,9-10H2,1-4H3,(H,20,21,24). The maximum Gasteiger partial charge on any atom is 0.231 e. The lowest BCUT2D eigenvalue weighted by molar-refractivity contribution is -0.116. The van der Waals surface area contributed by atoms with Crippen LogP contribution in [0.5, 0.6) is 0 Å². The molecule has 0 aliphatic rings. The van der Waals surface area contributed by atoms with Crippen LogP contribution in [0.25, 0.3) is 11.3 Å². The highest BCUT2D eigenvalue weighted by Gasteiger charge is 2.14. The van der Waals surface area contributed by atoms with Crippen LogP contribution >= 0.6 is 11.3 Å². The first-order valence-electron chi connectivity index (χ1n) is 8.86. The molecule has 3 rings (SSSR count). The van der Waals surface area contributed by atoms with E-state index in [4.69, 9.17) is 4.52 Å². The number of carbonyl (C=O) groups excluding carboxylic acids is 1. The number of hydrogen-bond donors (Lipinski definition) is 1. The minimum Gasteiger partial charge on any atom is -0.361 e. The van der Waals surface area contributed by atoms with E-state index in [9.17, 15) is 13.2 Å². The van der Waals surface area contributed by atoms with Gasteiger partial charge < -0.3 is 9.84 Å². The van der Waals surface area contributed by atoms with Gasteiger partial charge >= 0.3 is 0 Å². The number of rotatable bonds is 7. The van der Waals surface area contributed by atoms with Gasteiger partial charge in [0.1, 0.15) is 5.76 Å². The maximum absolute atomic E-state index is 12.2. The number of anilines is 2. The fraction of sp³-hybridized carbons (Fsp3) is 0.316. The number of amides is 1. The van der Waals surface area contributed by atoms with Crippen LogP contribution in [0.1, 0.15) is 23.4 Å². The van der Waals surface area contributed by atoms with Gasteiger partial charge in [-0.1, -0.05) is 17.3 Å². The number of nitrogens with one attached hydrogen (secondary N) is 1. The summed E-state index contributed by atoms with van der Waals surface area (Å²) in [6.45, 7) is 3.69. The Bertz CT molecular complexity index is 1100. The fourth-order valence-corrected chi connectivity index (χ4v) is 4.02. The van der Waals surface area contributed by atoms with Crippen molar-refractivity contribution in [1.29, 1.82) is 0 Å². The van der Waals surface area contributed by atoms with Gasteiger partial charge in [0.2, 0.25) is 15.9 Å². The molecule has 0 bridgehead atoms. The lowest BCUT2D eigenvalue weighted by Crippen LogP contribution is -2.24. The SMILES string of the molecule is Cc1noc(C)c1CCC(=O)Nc1nc(-c2ccc(N(C)S(C)(=O)=O)cc2)cs1. The van der Waals surface area contributed by atoms with Gasteiger partial charge in [-0.25, -0.2) is 13.4 Å². The lowest BCUT2D eigenvalue weighted by Gasteiger charge is -2.16. The summed E-state index contributed by atoms with van der Waals surface area (Å²) in [5, 5.41) is 9.07. The molecule has 0 unspecified atom stereocenters. The zero-order valence-electron chi connectivity index (χ0n) is 16.6. The van der Waals surface area contributed by atoms with Crippen LogP contribution in [0, 0.1) is 13.8 Å². The Kier molecular flexibility index (Phi) is 6.04. The van der Waals surface area contributed by atoms with Crippen molar-refractivity contribution >= 4 is 38.1 Å². The van der Waals surface area contributed by atoms with Crippen LogP contribution < -0.4 is 9.62 Å². The monoisotopic (exact) mass is 434 g/mol. The summed E-state index contributed by atoms with van der Waals surface area (Å²) in [4.78, 5) is 16.7. The van der Waals surface area contributed by atoms with E-state index >= 15 is 0 Å². The second kappa shape index (κ2) is 8.34. The van der Waals surface area contributed by atoms with Crippen molar-refractivity contribution in [3.63, 3.8) is 0 Å². The van der Waals surface area contributed by atoms with Gasteiger partial charge in [-0.15, -0.1) is 11.3 Å². The second-order valence-corrected chi connectivity index (χ2v) is 9.54. The highest BCUT2D eigenvalue weighted by atomic mass is 32.2. The third kappa shape index (κ3) is 5.01. The van der Waals surface area contributed by atoms with E-state index in [0.717, 1.165) is 28.8 Å². The van der Waals surface area contributed by atoms with Gasteiger partial charge in [0.25, 0.3) is 0 Å². The summed E-state index contributed by atoms with van der Waals surface area (Å²) >= 11 is 1.34. The maximum atomic E-state index is 12.2. The Hall–Kier alpha value is -2.72. The molecule has 0 fully saturated rings. The zero-order valence-corrected chi connectivity index (χ0v) is 18.2. The van der Waals surface area contributed by atoms with Crippen molar-refractivity contribution in [3.8, 4) is 11.3 Å². The lowest BCUT2D eigenvalue weighted by atomic mass is 10.1. The fourth-order valence-electron chi connectivity index (χ4n) is 2.78. The predicted molar refractivity (Wildman–Crippen MR) is 114 cm³/mol. The molecule has 0 aliphatic heterocycles. The first kappa shape index (κ1) is 21.0. The molecule has 3 aromatic rings. The molecule has 1 aromatic carbocycles. The number of benzene rings is 1. The Labute approximate surface area is 173 Å². The summed E-state index contributed by atoms with van der Waals surface area (Å²) in [6.07, 6.45) is 2.02. The van der Waals surface area contributed by atoms with Crippen LogP contribution in [0.3, 0.4) is 0 Å². The van der Waals surface area contributed by atoms with Crippen LogP contribution in [0.4, 0.5) is 10.8 Å². The van der Waals surface area contributed by atoms with Gasteiger partial charge in [0, 0.05) is 30.0 Å². The van der Waals surface area contributed by atoms with E-state index in [-0.39, 0.29) is 5.91 Å². The first-order valence-corrected chi connectivity index (χ1v) is 11.6. The third-order valence-electron chi connectivity index (χ3n) is 4.56. The number of aromatic nitrogens is 2. The summed E-state index contributed by atoms with van der Waals surface area (Å²) in [6, 6.07) is 7.04. The van der Waals surface area contributed by atoms with E-state index in [1.165, 1.54) is 22.7 Å². The van der Waals surface area contributed by atoms with Gasteiger partial charge in [0.15, 0.2) is 5.13 Å². The Morgan fingerprint density at radius 1 is 1.24 bits per heavy atom. The average molecular weight is 435 g/mol. The van der Waals surface area contributed by atoms with Crippen molar-refractivity contribution in [2.24, 2.45) is 0 Å². The predicted octanol–water partition coefficient (Wildman–Crippen LogP) is 3.38. The molecule has 8 nitrogen and oxygen atoms in total. The Morgan fingerprint density at radius 3 is 2.52 bits per heavy atom. The summed E-state index contributed by atoms with van der Waals surface area (Å²) in [7, 11) is -1.80. The average Bonchev–Trinajstić information content (AvgIpc) is 3.25. The smallest absolute Gasteiger partial charge is 0.231 e. The molecule has 0 aliphatic carbocycles. The van der Waals surface area contributed by atoms with E-state index in [2.05, 4.69) is 15.5 Å². The first-order chi connectivity index (χ1) is 13.6. The third-order valence-corrected chi connectivity index (χ3v) is 6.52. The molecule has 2 heterocycles. The van der Waals surface area contributed by atoms with Crippen molar-refractivity contribution in [1.82, 2.24) is 10.1 Å². The molecule has 1 amide bonds. The number of hydrogen-bond acceptors (Lipinski definition) is 7. The molecular weight excluding hydrogens is 412 g/mol. The molecule has 0 saturated heterocycles. The van der Waals surface area contributed by atoms with E-state index in [1.54, 1.807) is 24.3 Å². The summed E-state index contributed by atoms with van der Waals surface area (Å²) in [5.41, 5.74) is 3.88. The summed E-state index contributed by atoms with van der Waals surface area (Å²) < 4.78 is 29.6. The number of aryl methyl sites for hydroxylation is 2. The largest absolute Gasteiger partial charge is 0.361 e. The summed E-state index contributed by atoms with van der Waals surface area (Å²) in [5.74, 6) is 0.604. The minimum atomic E-state index is -3.31. The van der Waals surface area contributed by atoms with E-state index in [1.807, 2.05) is 19.2 Å². The van der Waals surface area contributed by atoms with Gasteiger partial charge in [0.05, 0.1) is 23.3 Å². The Balaban J connectivity index is 1.62. The number of sulfonamides is 1. The number of nitrogens with zero attached hydrogens (tertiary/aromatic N) is 3. The van der Waals surface area contributed by atoms with Crippen LogP contribution in [-0.4, -0.2) is 37.8 Å². The zero-order chi connectivity index (χ0) is 21.2. The van der Waals surface area contributed by atoms with Crippen molar-refractivity contribution in [3.05, 3.63) is 46.7 Å². The number of carbonyl (C=O) groups is 1. The van der Waals surface area contributed by atoms with Crippen molar-refractivity contribution in [2.75, 3.05) is 22.9 Å². The molecular formula is C19H22N4O4S2. The second-order valence-electron chi connectivity index (χ2n) is 6.67. The minimum absolute atomic E-state index is 0.129. The van der Waals surface area contributed by atoms with E-state index in [0.29, 0.717) is 29.4 Å². The van der Waals surface area contributed by atoms with Crippen LogP contribution in [0.15, 0.2) is 34.2 Å². The van der Waals surface area contributed by atoms with Gasteiger partial charge in [-0.05, 0) is 32.4 Å². The normalized spacial score (nSPS) is 11.4. The molecule has 154 valence electrons. The quantitative estimate of drug-likeness (QED) is 0.611. The van der Waals surface area contributed by atoms with Crippen molar-refractivity contribution in [2.45, 2.75) is 26.7 Å². The van der Waals surface area contributed by atoms with E-state index < -0.39 is 10.0 Å². The molecule has 10 heteroatoms. The van der Waals surface area contributed by atoms with Gasteiger partial charge in [-0.2, -0.15) is 0 Å². The van der Waals surface area contributed by atoms with Crippen LogP contribution in [0.2, 0.25) is 0 Å². The van der Waals surface area contributed by atoms with Crippen LogP contribution in [-0.2, 0) is 21.2 Å². The molecule has 0 saturated carbocycles. The van der Waals surface area contributed by atoms with Crippen molar-refractivity contribution < 1.29 is 17.7 Å². The topological polar surface area (TPSA) is 105 Å². The molecule has 0 atom stereocenters. The highest BCUT2D eigenvalue weighted by molar-refractivity contribution is 7.92. The molecule has 1 N–H and O–H groups in total.